The minimum atomic E-state index is -4.79. The number of alkyl halides is 3. The largest absolute Gasteiger partial charge is 0.479 e. The average molecular weight is 478 g/mol. The van der Waals surface area contributed by atoms with Gasteiger partial charge in [-0.1, -0.05) is 6.07 Å². The third kappa shape index (κ3) is 4.16. The molecule has 0 fully saturated rings. The number of nitrogens with zero attached hydrogens (tertiary/aromatic N) is 6. The minimum absolute atomic E-state index is 0.0904. The predicted molar refractivity (Wildman–Crippen MR) is 110 cm³/mol. The Balaban J connectivity index is 1.73. The van der Waals surface area contributed by atoms with Crippen LogP contribution in [0.15, 0.2) is 36.8 Å². The van der Waals surface area contributed by atoms with Crippen molar-refractivity contribution in [2.45, 2.75) is 26.1 Å². The summed E-state index contributed by atoms with van der Waals surface area (Å²) in [4.78, 5) is 20.6. The summed E-state index contributed by atoms with van der Waals surface area (Å²) in [7, 11) is 1.37. The van der Waals surface area contributed by atoms with E-state index in [1.807, 2.05) is 0 Å². The van der Waals surface area contributed by atoms with Crippen LogP contribution in [0.5, 0.6) is 5.88 Å². The maximum Gasteiger partial charge on any atom is 0.419 e. The Hall–Kier alpha value is -4.03. The monoisotopic (exact) mass is 478 g/mol. The Morgan fingerprint density at radius 3 is 2.59 bits per heavy atom. The van der Waals surface area contributed by atoms with Gasteiger partial charge >= 0.3 is 12.1 Å². The van der Waals surface area contributed by atoms with E-state index in [-0.39, 0.29) is 29.6 Å². The van der Waals surface area contributed by atoms with Gasteiger partial charge in [-0.15, -0.1) is 0 Å². The van der Waals surface area contributed by atoms with Crippen LogP contribution in [-0.4, -0.2) is 49.2 Å². The van der Waals surface area contributed by atoms with Gasteiger partial charge in [-0.2, -0.15) is 28.4 Å². The fourth-order valence-electron chi connectivity index (χ4n) is 3.37. The number of hydrogen-bond acceptors (Lipinski definition) is 7. The van der Waals surface area contributed by atoms with Crippen molar-refractivity contribution < 1.29 is 31.8 Å². The van der Waals surface area contributed by atoms with Crippen LogP contribution in [0.2, 0.25) is 0 Å². The Kier molecular flexibility index (Phi) is 5.94. The molecule has 0 radical (unpaired) electrons. The summed E-state index contributed by atoms with van der Waals surface area (Å²) in [6.45, 7) is 3.53. The summed E-state index contributed by atoms with van der Waals surface area (Å²) < 4.78 is 65.8. The zero-order valence-corrected chi connectivity index (χ0v) is 18.2. The first-order valence-corrected chi connectivity index (χ1v) is 10.0. The second kappa shape index (κ2) is 8.72. The molecule has 0 aliphatic heterocycles. The lowest BCUT2D eigenvalue weighted by atomic mass is 10.1. The smallest absolute Gasteiger partial charge is 0.419 e. The number of rotatable bonds is 6. The molecular weight excluding hydrogens is 460 g/mol. The lowest BCUT2D eigenvalue weighted by molar-refractivity contribution is -0.140. The third-order valence-corrected chi connectivity index (χ3v) is 5.04. The summed E-state index contributed by atoms with van der Waals surface area (Å²) in [5.74, 6) is -1.74. The van der Waals surface area contributed by atoms with Crippen LogP contribution < -0.4 is 4.74 Å². The van der Waals surface area contributed by atoms with Crippen molar-refractivity contribution >= 4 is 17.0 Å². The zero-order chi connectivity index (χ0) is 24.6. The van der Waals surface area contributed by atoms with Crippen LogP contribution in [0.25, 0.3) is 17.0 Å². The molecule has 3 aromatic heterocycles. The molecule has 9 nitrogen and oxygen atoms in total. The lowest BCUT2D eigenvalue weighted by Gasteiger charge is -2.17. The second-order valence-electron chi connectivity index (χ2n) is 7.16. The minimum Gasteiger partial charge on any atom is -0.479 e. The number of hydrogen-bond donors (Lipinski definition) is 0. The highest BCUT2D eigenvalue weighted by atomic mass is 19.4. The molecule has 4 aromatic rings. The van der Waals surface area contributed by atoms with Gasteiger partial charge in [0.2, 0.25) is 5.88 Å². The van der Waals surface area contributed by atoms with Crippen LogP contribution in [0, 0.1) is 5.82 Å². The highest BCUT2D eigenvalue weighted by Crippen LogP contribution is 2.34. The fraction of sp³-hybridized carbons (Fsp3) is 0.286. The van der Waals surface area contributed by atoms with Gasteiger partial charge in [0.1, 0.15) is 16.9 Å². The molecule has 34 heavy (non-hydrogen) atoms. The summed E-state index contributed by atoms with van der Waals surface area (Å²) >= 11 is 0. The summed E-state index contributed by atoms with van der Waals surface area (Å²) in [6.07, 6.45) is -0.674. The molecule has 4 rings (SSSR count). The Morgan fingerprint density at radius 1 is 1.18 bits per heavy atom. The first-order chi connectivity index (χ1) is 16.1. The molecule has 178 valence electrons. The quantitative estimate of drug-likeness (QED) is 0.306. The van der Waals surface area contributed by atoms with Crippen molar-refractivity contribution in [1.29, 1.82) is 0 Å². The molecule has 0 spiro atoms. The van der Waals surface area contributed by atoms with Gasteiger partial charge in [-0.25, -0.2) is 18.9 Å². The van der Waals surface area contributed by atoms with E-state index in [1.165, 1.54) is 41.1 Å². The van der Waals surface area contributed by atoms with E-state index in [4.69, 9.17) is 9.47 Å². The van der Waals surface area contributed by atoms with Crippen LogP contribution in [0.3, 0.4) is 0 Å². The SMILES string of the molecule is CCOC(=O)c1cnn(-c2nc(OC)c3c(cnn3[C@@H](C)c3ccc(C(F)(F)F)c(F)c3)n2)c1. The van der Waals surface area contributed by atoms with E-state index >= 15 is 0 Å². The van der Waals surface area contributed by atoms with E-state index in [9.17, 15) is 22.4 Å². The molecule has 0 aliphatic rings. The van der Waals surface area contributed by atoms with Crippen molar-refractivity contribution in [2.75, 3.05) is 13.7 Å². The van der Waals surface area contributed by atoms with Gasteiger partial charge in [-0.05, 0) is 31.5 Å². The van der Waals surface area contributed by atoms with Gasteiger partial charge in [0, 0.05) is 6.20 Å². The molecule has 0 unspecified atom stereocenters. The maximum absolute atomic E-state index is 14.1. The van der Waals surface area contributed by atoms with E-state index in [0.29, 0.717) is 17.1 Å². The summed E-state index contributed by atoms with van der Waals surface area (Å²) in [6, 6.07) is 2.03. The molecule has 13 heteroatoms. The van der Waals surface area contributed by atoms with Crippen molar-refractivity contribution in [1.82, 2.24) is 29.5 Å². The summed E-state index contributed by atoms with van der Waals surface area (Å²) in [5, 5.41) is 8.33. The molecule has 0 saturated carbocycles. The molecule has 0 aliphatic carbocycles. The number of fused-ring (bicyclic) bond motifs is 1. The van der Waals surface area contributed by atoms with Gasteiger partial charge in [-0.3, -0.25) is 4.68 Å². The first kappa shape index (κ1) is 23.1. The normalized spacial score (nSPS) is 12.7. The maximum atomic E-state index is 14.1. The summed E-state index contributed by atoms with van der Waals surface area (Å²) in [5.41, 5.74) is -0.196. The van der Waals surface area contributed by atoms with Gasteiger partial charge in [0.15, 0.2) is 0 Å². The van der Waals surface area contributed by atoms with Crippen molar-refractivity contribution in [3.05, 3.63) is 59.3 Å². The zero-order valence-electron chi connectivity index (χ0n) is 18.2. The van der Waals surface area contributed by atoms with Crippen molar-refractivity contribution in [3.8, 4) is 11.8 Å². The van der Waals surface area contributed by atoms with Crippen molar-refractivity contribution in [2.24, 2.45) is 0 Å². The van der Waals surface area contributed by atoms with Crippen molar-refractivity contribution in [3.63, 3.8) is 0 Å². The second-order valence-corrected chi connectivity index (χ2v) is 7.16. The van der Waals surface area contributed by atoms with Crippen LogP contribution in [0.1, 0.15) is 41.4 Å². The van der Waals surface area contributed by atoms with Crippen LogP contribution in [-0.2, 0) is 10.9 Å². The molecular formula is C21H18F4N6O3. The molecule has 0 amide bonds. The molecule has 0 saturated heterocycles. The predicted octanol–water partition coefficient (Wildman–Crippen LogP) is 3.96. The molecule has 1 atom stereocenters. The standard InChI is InChI=1S/C21H18F4N6O3/c1-4-34-19(32)13-8-26-30(10-13)20-28-16-9-27-31(17(16)18(29-20)33-3)11(2)12-5-6-14(15(22)7-12)21(23,24)25/h5-11H,4H2,1-3H3/t11-/m0/s1. The molecule has 3 heterocycles. The third-order valence-electron chi connectivity index (χ3n) is 5.04. The first-order valence-electron chi connectivity index (χ1n) is 10.0. The number of aromatic nitrogens is 6. The number of carbonyl (C=O) groups excluding carboxylic acids is 1. The highest BCUT2D eigenvalue weighted by molar-refractivity contribution is 5.88. The molecule has 0 N–H and O–H groups in total. The molecule has 0 bridgehead atoms. The molecule has 1 aromatic carbocycles. The number of ether oxygens (including phenoxy) is 2. The van der Waals surface area contributed by atoms with Gasteiger partial charge in [0.25, 0.3) is 5.95 Å². The number of benzene rings is 1. The fourth-order valence-corrected chi connectivity index (χ4v) is 3.37. The van der Waals surface area contributed by atoms with E-state index < -0.39 is 29.6 Å². The van der Waals surface area contributed by atoms with Gasteiger partial charge < -0.3 is 9.47 Å². The highest BCUT2D eigenvalue weighted by Gasteiger charge is 2.34. The van der Waals surface area contributed by atoms with Gasteiger partial charge in [0.05, 0.1) is 43.3 Å². The Morgan fingerprint density at radius 2 is 1.94 bits per heavy atom. The Bertz CT molecular complexity index is 1360. The Labute approximate surface area is 189 Å². The van der Waals surface area contributed by atoms with E-state index in [1.54, 1.807) is 13.8 Å². The number of carbonyl (C=O) groups is 1. The van der Waals surface area contributed by atoms with Crippen LogP contribution in [0.4, 0.5) is 17.6 Å². The average Bonchev–Trinajstić information content (AvgIpc) is 3.45. The number of halogens is 4. The van der Waals surface area contributed by atoms with E-state index in [0.717, 1.165) is 6.07 Å². The van der Waals surface area contributed by atoms with Crippen LogP contribution >= 0.6 is 0 Å². The lowest BCUT2D eigenvalue weighted by Crippen LogP contribution is -2.13. The number of esters is 1. The number of methoxy groups -OCH3 is 1. The topological polar surface area (TPSA) is 97.0 Å². The van der Waals surface area contributed by atoms with E-state index in [2.05, 4.69) is 20.2 Å².